The first-order chi connectivity index (χ1) is 10.5. The van der Waals surface area contributed by atoms with Crippen LogP contribution in [-0.4, -0.2) is 47.1 Å². The van der Waals surface area contributed by atoms with Gasteiger partial charge in [0, 0.05) is 35.2 Å². The number of benzene rings is 1. The zero-order valence-corrected chi connectivity index (χ0v) is 13.2. The molecule has 3 aliphatic heterocycles. The molecule has 1 unspecified atom stereocenters. The normalized spacial score (nSPS) is 32.0. The minimum Gasteiger partial charge on any atom is -0.479 e. The second-order valence-corrected chi connectivity index (χ2v) is 6.86. The predicted molar refractivity (Wildman–Crippen MR) is 82.1 cm³/mol. The number of halogens is 1. The molecule has 0 radical (unpaired) electrons. The fourth-order valence-electron chi connectivity index (χ4n) is 3.62. The Labute approximate surface area is 135 Å². The number of piperazine rings is 1. The molecule has 22 heavy (non-hydrogen) atoms. The van der Waals surface area contributed by atoms with E-state index in [-0.39, 0.29) is 12.1 Å². The van der Waals surface area contributed by atoms with E-state index in [1.54, 1.807) is 23.1 Å². The summed E-state index contributed by atoms with van der Waals surface area (Å²) in [6.07, 6.45) is 0.889. The molecular formula is C14H15BrN4O3. The van der Waals surface area contributed by atoms with Crippen molar-refractivity contribution in [3.8, 4) is 0 Å². The number of likely N-dealkylation sites (tertiary alicyclic amines) is 1. The molecule has 3 aliphatic rings. The molecule has 4 rings (SSSR count). The third-order valence-corrected chi connectivity index (χ3v) is 5.22. The number of fused-ring (bicyclic) bond motifs is 3. The van der Waals surface area contributed by atoms with Crippen molar-refractivity contribution in [3.63, 3.8) is 0 Å². The average molecular weight is 367 g/mol. The largest absolute Gasteiger partial charge is 0.479 e. The lowest BCUT2D eigenvalue weighted by molar-refractivity contribution is -0.156. The lowest BCUT2D eigenvalue weighted by Crippen LogP contribution is -2.61. The monoisotopic (exact) mass is 366 g/mol. The van der Waals surface area contributed by atoms with Gasteiger partial charge in [-0.15, -0.1) is 0 Å². The maximum Gasteiger partial charge on any atom is 0.340 e. The molecule has 2 fully saturated rings. The topological polar surface area (TPSA) is 93.7 Å². The first-order valence-corrected chi connectivity index (χ1v) is 7.93. The molecule has 2 bridgehead atoms. The second-order valence-electron chi connectivity index (χ2n) is 5.95. The highest BCUT2D eigenvalue weighted by Gasteiger charge is 2.57. The number of carbonyl (C=O) groups is 2. The molecule has 0 aromatic heterocycles. The zero-order valence-electron chi connectivity index (χ0n) is 11.6. The van der Waals surface area contributed by atoms with E-state index in [1.165, 1.54) is 0 Å². The van der Waals surface area contributed by atoms with Crippen molar-refractivity contribution in [1.29, 1.82) is 0 Å². The highest BCUT2D eigenvalue weighted by molar-refractivity contribution is 9.10. The molecule has 1 aromatic rings. The molecule has 3 atom stereocenters. The van der Waals surface area contributed by atoms with Crippen LogP contribution in [0.3, 0.4) is 0 Å². The minimum atomic E-state index is -1.77. The van der Waals surface area contributed by atoms with Crippen LogP contribution >= 0.6 is 15.9 Å². The van der Waals surface area contributed by atoms with Crippen molar-refractivity contribution >= 4 is 33.5 Å². The lowest BCUT2D eigenvalue weighted by Gasteiger charge is -2.34. The third kappa shape index (κ3) is 1.74. The Morgan fingerprint density at radius 2 is 2.23 bits per heavy atom. The number of rotatable bonds is 2. The number of hydrogen-bond donors (Lipinski definition) is 4. The maximum absolute atomic E-state index is 13.1. The van der Waals surface area contributed by atoms with Gasteiger partial charge in [0.2, 0.25) is 5.54 Å². The van der Waals surface area contributed by atoms with Gasteiger partial charge < -0.3 is 20.7 Å². The smallest absolute Gasteiger partial charge is 0.340 e. The summed E-state index contributed by atoms with van der Waals surface area (Å²) < 4.78 is 0.736. The molecule has 0 spiro atoms. The van der Waals surface area contributed by atoms with Gasteiger partial charge in [0.15, 0.2) is 0 Å². The molecule has 4 N–H and O–H groups in total. The SMILES string of the molecule is O=C(O)C1(C(=O)N2C[C@@H]3C[C@H]2CN3)NNc2ccc(Br)cc21. The third-order valence-electron chi connectivity index (χ3n) is 4.73. The first-order valence-electron chi connectivity index (χ1n) is 7.13. The van der Waals surface area contributed by atoms with Crippen LogP contribution in [0.4, 0.5) is 5.69 Å². The van der Waals surface area contributed by atoms with Crippen LogP contribution in [0.2, 0.25) is 0 Å². The average Bonchev–Trinajstić information content (AvgIpc) is 3.19. The van der Waals surface area contributed by atoms with Crippen LogP contribution in [-0.2, 0) is 15.1 Å². The quantitative estimate of drug-likeness (QED) is 0.560. The minimum absolute atomic E-state index is 0.0757. The van der Waals surface area contributed by atoms with Gasteiger partial charge in [-0.2, -0.15) is 0 Å². The molecule has 2 saturated heterocycles. The number of carboxylic acids is 1. The first kappa shape index (κ1) is 14.0. The molecule has 0 saturated carbocycles. The number of anilines is 1. The van der Waals surface area contributed by atoms with Crippen molar-refractivity contribution in [1.82, 2.24) is 15.6 Å². The number of carboxylic acid groups (broad SMARTS) is 1. The fraction of sp³-hybridized carbons (Fsp3) is 0.429. The van der Waals surface area contributed by atoms with Crippen molar-refractivity contribution in [2.45, 2.75) is 24.0 Å². The molecule has 3 heterocycles. The van der Waals surface area contributed by atoms with E-state index in [0.29, 0.717) is 17.8 Å². The van der Waals surface area contributed by atoms with Crippen molar-refractivity contribution in [3.05, 3.63) is 28.2 Å². The van der Waals surface area contributed by atoms with E-state index >= 15 is 0 Å². The van der Waals surface area contributed by atoms with Crippen molar-refractivity contribution in [2.24, 2.45) is 0 Å². The van der Waals surface area contributed by atoms with Gasteiger partial charge in [0.05, 0.1) is 5.69 Å². The van der Waals surface area contributed by atoms with Crippen LogP contribution in [0.5, 0.6) is 0 Å². The number of carbonyl (C=O) groups excluding carboxylic acids is 1. The highest BCUT2D eigenvalue weighted by atomic mass is 79.9. The summed E-state index contributed by atoms with van der Waals surface area (Å²) in [5, 5.41) is 13.1. The Bertz CT molecular complexity index is 682. The second kappa shape index (κ2) is 4.68. The van der Waals surface area contributed by atoms with Gasteiger partial charge in [-0.05, 0) is 24.6 Å². The number of aliphatic carboxylic acids is 1. The van der Waals surface area contributed by atoms with Gasteiger partial charge >= 0.3 is 5.97 Å². The van der Waals surface area contributed by atoms with Gasteiger partial charge in [0.1, 0.15) is 0 Å². The fourth-order valence-corrected chi connectivity index (χ4v) is 3.98. The van der Waals surface area contributed by atoms with E-state index in [2.05, 4.69) is 32.1 Å². The van der Waals surface area contributed by atoms with Crippen molar-refractivity contribution in [2.75, 3.05) is 18.5 Å². The number of nitrogens with one attached hydrogen (secondary N) is 3. The Morgan fingerprint density at radius 1 is 1.41 bits per heavy atom. The Hall–Kier alpha value is -1.64. The summed E-state index contributed by atoms with van der Waals surface area (Å²) >= 11 is 3.35. The molecule has 8 heteroatoms. The van der Waals surface area contributed by atoms with E-state index in [9.17, 15) is 14.7 Å². The Balaban J connectivity index is 1.78. The van der Waals surface area contributed by atoms with Crippen LogP contribution in [0.1, 0.15) is 12.0 Å². The zero-order chi connectivity index (χ0) is 15.5. The number of amides is 1. The summed E-state index contributed by atoms with van der Waals surface area (Å²) in [6, 6.07) is 5.59. The van der Waals surface area contributed by atoms with E-state index in [0.717, 1.165) is 17.4 Å². The Kier molecular flexibility index (Phi) is 2.97. The van der Waals surface area contributed by atoms with E-state index in [4.69, 9.17) is 0 Å². The molecule has 0 aliphatic carbocycles. The molecule has 116 valence electrons. The van der Waals surface area contributed by atoms with E-state index < -0.39 is 17.4 Å². The van der Waals surface area contributed by atoms with E-state index in [1.807, 2.05) is 0 Å². The molecular weight excluding hydrogens is 352 g/mol. The molecule has 1 aromatic carbocycles. The Morgan fingerprint density at radius 3 is 2.86 bits per heavy atom. The number of hydrazine groups is 1. The summed E-state index contributed by atoms with van der Waals surface area (Å²) in [5.74, 6) is -1.60. The highest BCUT2D eigenvalue weighted by Crippen LogP contribution is 2.39. The van der Waals surface area contributed by atoms with Gasteiger partial charge in [-0.1, -0.05) is 15.9 Å². The summed E-state index contributed by atoms with van der Waals surface area (Å²) in [4.78, 5) is 26.8. The van der Waals surface area contributed by atoms with Gasteiger partial charge in [-0.3, -0.25) is 4.79 Å². The number of nitrogens with zero attached hydrogens (tertiary/aromatic N) is 1. The predicted octanol–water partition coefficient (Wildman–Crippen LogP) is 0.232. The van der Waals surface area contributed by atoms with Crippen LogP contribution in [0.15, 0.2) is 22.7 Å². The maximum atomic E-state index is 13.1. The van der Waals surface area contributed by atoms with Crippen molar-refractivity contribution < 1.29 is 14.7 Å². The summed E-state index contributed by atoms with van der Waals surface area (Å²) in [6.45, 7) is 1.29. The number of hydrogen-bond acceptors (Lipinski definition) is 5. The summed E-state index contributed by atoms with van der Waals surface area (Å²) in [5.41, 5.74) is 4.83. The van der Waals surface area contributed by atoms with Crippen LogP contribution < -0.4 is 16.2 Å². The van der Waals surface area contributed by atoms with Crippen LogP contribution in [0.25, 0.3) is 0 Å². The van der Waals surface area contributed by atoms with Gasteiger partial charge in [-0.25, -0.2) is 10.2 Å². The van der Waals surface area contributed by atoms with Gasteiger partial charge in [0.25, 0.3) is 5.91 Å². The standard InChI is InChI=1S/C14H15BrN4O3/c15-7-1-2-11-10(3-7)14(13(21)22,18-17-11)12(20)19-6-8-4-9(19)5-16-8/h1-3,8-9,16-18H,4-6H2,(H,21,22)/t8-,9-,14?/m0/s1. The molecule has 7 nitrogen and oxygen atoms in total. The lowest BCUT2D eigenvalue weighted by atomic mass is 9.89. The summed E-state index contributed by atoms with van der Waals surface area (Å²) in [7, 11) is 0. The molecule has 1 amide bonds. The van der Waals surface area contributed by atoms with Crippen LogP contribution in [0, 0.1) is 0 Å².